The van der Waals surface area contributed by atoms with E-state index in [9.17, 15) is 14.4 Å². The Morgan fingerprint density at radius 1 is 1.13 bits per heavy atom. The summed E-state index contributed by atoms with van der Waals surface area (Å²) in [6.45, 7) is 8.84. The van der Waals surface area contributed by atoms with Gasteiger partial charge in [-0.25, -0.2) is 0 Å². The van der Waals surface area contributed by atoms with E-state index in [0.29, 0.717) is 35.9 Å². The molecule has 1 aliphatic carbocycles. The van der Waals surface area contributed by atoms with Gasteiger partial charge in [0.05, 0.1) is 25.0 Å². The van der Waals surface area contributed by atoms with Crippen LogP contribution in [0.25, 0.3) is 5.57 Å². The number of carbonyl (C=O) groups excluding carboxylic acids is 3. The summed E-state index contributed by atoms with van der Waals surface area (Å²) < 4.78 is 5.82. The lowest BCUT2D eigenvalue weighted by molar-refractivity contribution is -0.126. The third-order valence-electron chi connectivity index (χ3n) is 7.61. The minimum absolute atomic E-state index is 0.0138. The second-order valence-electron chi connectivity index (χ2n) is 10.7. The van der Waals surface area contributed by atoms with Crippen molar-refractivity contribution >= 4 is 40.5 Å². The number of anilines is 3. The van der Waals surface area contributed by atoms with Crippen LogP contribution in [0.4, 0.5) is 17.2 Å². The zero-order valence-corrected chi connectivity index (χ0v) is 27.2. The van der Waals surface area contributed by atoms with Crippen LogP contribution in [0.5, 0.6) is 5.75 Å². The topological polar surface area (TPSA) is 141 Å². The van der Waals surface area contributed by atoms with Crippen LogP contribution in [0.1, 0.15) is 42.7 Å². The molecule has 3 amide bonds. The Morgan fingerprint density at radius 3 is 2.54 bits per heavy atom. The third kappa shape index (κ3) is 7.63. The van der Waals surface area contributed by atoms with E-state index in [-0.39, 0.29) is 29.2 Å². The van der Waals surface area contributed by atoms with Gasteiger partial charge in [0, 0.05) is 56.6 Å². The first-order chi connectivity index (χ1) is 22.2. The van der Waals surface area contributed by atoms with Crippen molar-refractivity contribution in [1.29, 1.82) is 0 Å². The van der Waals surface area contributed by atoms with Gasteiger partial charge in [0.25, 0.3) is 11.8 Å². The number of amides is 3. The summed E-state index contributed by atoms with van der Waals surface area (Å²) in [6.07, 6.45) is 11.2. The van der Waals surface area contributed by atoms with Gasteiger partial charge in [0.15, 0.2) is 11.5 Å². The van der Waals surface area contributed by atoms with Crippen molar-refractivity contribution in [1.82, 2.24) is 30.6 Å². The van der Waals surface area contributed by atoms with E-state index in [1.165, 1.54) is 7.05 Å². The Morgan fingerprint density at radius 2 is 1.89 bits per heavy atom. The van der Waals surface area contributed by atoms with Crippen LogP contribution in [0.15, 0.2) is 78.3 Å². The number of hydrogen-bond donors (Lipinski definition) is 4. The molecule has 3 aliphatic rings. The lowest BCUT2D eigenvalue weighted by Gasteiger charge is -2.30. The van der Waals surface area contributed by atoms with Crippen molar-refractivity contribution in [2.75, 3.05) is 52.0 Å². The van der Waals surface area contributed by atoms with Gasteiger partial charge in [-0.1, -0.05) is 44.7 Å². The Labute approximate surface area is 270 Å². The highest BCUT2D eigenvalue weighted by Gasteiger charge is 2.30. The van der Waals surface area contributed by atoms with Crippen LogP contribution in [0, 0.1) is 5.92 Å². The van der Waals surface area contributed by atoms with Crippen molar-refractivity contribution in [2.24, 2.45) is 5.92 Å². The maximum Gasteiger partial charge on any atom is 0.273 e. The van der Waals surface area contributed by atoms with E-state index >= 15 is 0 Å². The monoisotopic (exact) mass is 626 g/mol. The molecule has 0 spiro atoms. The first-order valence-electron chi connectivity index (χ1n) is 15.2. The van der Waals surface area contributed by atoms with Gasteiger partial charge in [-0.3, -0.25) is 14.4 Å². The molecule has 12 heteroatoms. The number of aromatic nitrogens is 2. The molecule has 0 saturated heterocycles. The number of carbonyl (C=O) groups is 3. The van der Waals surface area contributed by atoms with Gasteiger partial charge in [-0.05, 0) is 42.7 Å². The van der Waals surface area contributed by atoms with Crippen molar-refractivity contribution in [2.45, 2.75) is 26.7 Å². The largest absolute Gasteiger partial charge is 0.494 e. The summed E-state index contributed by atoms with van der Waals surface area (Å²) >= 11 is 0. The Balaban J connectivity index is 0.00000235. The standard InChI is InChI=1S/C32H36N8O4.C2H6/c1-19-8-6-9-22(40(19)4)18-39(3)32(43)25-15-14-21(17-34-25)23-10-7-11-24(29(23)44-5)35-26-16-27(36-30(41)20-12-13-20)37-38-28(26)31(42)33-2;1-2/h6-11,14-16,20,34H,1,12-13,17-18H2,2-5H3,(H,33,42)(H2,35,36,37,41);1-2H3. The van der Waals surface area contributed by atoms with Crippen molar-refractivity contribution < 1.29 is 19.1 Å². The highest BCUT2D eigenvalue weighted by atomic mass is 16.5. The summed E-state index contributed by atoms with van der Waals surface area (Å²) in [6, 6.07) is 7.17. The summed E-state index contributed by atoms with van der Waals surface area (Å²) in [5, 5.41) is 19.9. The number of para-hydroxylation sites is 1. The number of nitrogens with zero attached hydrogens (tertiary/aromatic N) is 4. The summed E-state index contributed by atoms with van der Waals surface area (Å²) in [4.78, 5) is 41.7. The van der Waals surface area contributed by atoms with Gasteiger partial charge >= 0.3 is 0 Å². The number of methoxy groups -OCH3 is 1. The van der Waals surface area contributed by atoms with Crippen molar-refractivity contribution in [3.05, 3.63) is 89.6 Å². The number of ether oxygens (including phenoxy) is 1. The van der Waals surface area contributed by atoms with E-state index < -0.39 is 5.91 Å². The molecule has 0 atom stereocenters. The van der Waals surface area contributed by atoms with Crippen molar-refractivity contribution in [3.8, 4) is 5.75 Å². The SMILES string of the molecule is C=C1C=CC=C(CN(C)C(=O)C2=CC=C(c3cccc(Nc4cc(NC(=O)C5CC5)nnc4C(=O)NC)c3OC)CN2)N1C.CC. The van der Waals surface area contributed by atoms with Crippen molar-refractivity contribution in [3.63, 3.8) is 0 Å². The smallest absolute Gasteiger partial charge is 0.273 e. The predicted molar refractivity (Wildman–Crippen MR) is 180 cm³/mol. The Kier molecular flexibility index (Phi) is 11.0. The van der Waals surface area contributed by atoms with Crippen LogP contribution >= 0.6 is 0 Å². The van der Waals surface area contributed by atoms with E-state index in [1.54, 1.807) is 31.2 Å². The molecular weight excluding hydrogens is 584 g/mol. The normalized spacial score (nSPS) is 15.2. The second kappa shape index (κ2) is 15.1. The van der Waals surface area contributed by atoms with Crippen LogP contribution in [-0.2, 0) is 9.59 Å². The van der Waals surface area contributed by atoms with Crippen LogP contribution in [0.3, 0.4) is 0 Å². The zero-order chi connectivity index (χ0) is 33.4. The minimum Gasteiger partial charge on any atom is -0.494 e. The molecule has 1 saturated carbocycles. The molecule has 0 unspecified atom stereocenters. The van der Waals surface area contributed by atoms with Crippen LogP contribution < -0.4 is 26.0 Å². The average Bonchev–Trinajstić information content (AvgIpc) is 3.93. The van der Waals surface area contributed by atoms with Gasteiger partial charge in [0.2, 0.25) is 5.91 Å². The van der Waals surface area contributed by atoms with Crippen LogP contribution in [0.2, 0.25) is 0 Å². The lowest BCUT2D eigenvalue weighted by atomic mass is 10.0. The summed E-state index contributed by atoms with van der Waals surface area (Å²) in [5.74, 6) is 0.0761. The van der Waals surface area contributed by atoms with E-state index in [2.05, 4.69) is 38.0 Å². The summed E-state index contributed by atoms with van der Waals surface area (Å²) in [5.41, 5.74) is 5.01. The number of dihydropyridines is 1. The van der Waals surface area contributed by atoms with E-state index in [1.807, 2.05) is 68.3 Å². The molecule has 4 N–H and O–H groups in total. The van der Waals surface area contributed by atoms with Gasteiger partial charge in [-0.2, -0.15) is 0 Å². The van der Waals surface area contributed by atoms with Gasteiger partial charge < -0.3 is 35.8 Å². The maximum absolute atomic E-state index is 13.2. The fourth-order valence-electron chi connectivity index (χ4n) is 4.84. The number of benzene rings is 1. The molecule has 5 rings (SSSR count). The number of likely N-dealkylation sites (N-methyl/N-ethyl adjacent to an activating group) is 2. The van der Waals surface area contributed by atoms with E-state index in [0.717, 1.165) is 35.4 Å². The average molecular weight is 627 g/mol. The molecular formula is C34H42N8O4. The lowest BCUT2D eigenvalue weighted by Crippen LogP contribution is -2.38. The third-order valence-corrected chi connectivity index (χ3v) is 7.61. The molecule has 2 aliphatic heterocycles. The first kappa shape index (κ1) is 33.5. The maximum atomic E-state index is 13.2. The molecule has 3 heterocycles. The zero-order valence-electron chi connectivity index (χ0n) is 27.2. The molecule has 1 aromatic heterocycles. The number of allylic oxidation sites excluding steroid dienone is 5. The second-order valence-corrected chi connectivity index (χ2v) is 10.7. The Hall–Kier alpha value is -5.39. The quantitative estimate of drug-likeness (QED) is 0.306. The molecule has 46 heavy (non-hydrogen) atoms. The Bertz CT molecular complexity index is 1640. The van der Waals surface area contributed by atoms with E-state index in [4.69, 9.17) is 4.74 Å². The summed E-state index contributed by atoms with van der Waals surface area (Å²) in [7, 11) is 6.76. The first-order valence-corrected chi connectivity index (χ1v) is 15.2. The van der Waals surface area contributed by atoms with Gasteiger partial charge in [-0.15, -0.1) is 10.2 Å². The molecule has 1 fully saturated rings. The molecule has 1 aromatic carbocycles. The number of rotatable bonds is 10. The highest BCUT2D eigenvalue weighted by molar-refractivity contribution is 6.00. The fourth-order valence-corrected chi connectivity index (χ4v) is 4.84. The van der Waals surface area contributed by atoms with Crippen LogP contribution in [-0.4, -0.2) is 79.1 Å². The molecule has 0 bridgehead atoms. The molecule has 12 nitrogen and oxygen atoms in total. The predicted octanol–water partition coefficient (Wildman–Crippen LogP) is 4.19. The minimum atomic E-state index is -0.436. The molecule has 0 radical (unpaired) electrons. The fraction of sp³-hybridized carbons (Fsp3) is 0.324. The molecule has 242 valence electrons. The van der Waals surface area contributed by atoms with Gasteiger partial charge in [0.1, 0.15) is 11.4 Å². The number of nitrogens with one attached hydrogen (secondary N) is 4. The molecule has 2 aromatic rings. The highest BCUT2D eigenvalue weighted by Crippen LogP contribution is 2.37. The number of hydrogen-bond acceptors (Lipinski definition) is 9.